The molecule has 0 fully saturated rings. The summed E-state index contributed by atoms with van der Waals surface area (Å²) in [5, 5.41) is 5.64. The van der Waals surface area contributed by atoms with Gasteiger partial charge in [0.1, 0.15) is 6.61 Å². The van der Waals surface area contributed by atoms with Gasteiger partial charge < -0.3 is 15.4 Å². The minimum absolute atomic E-state index is 0.0896. The SMILES string of the molecule is CC(=O)OC/C=C(\C)C(=O)NCCCCNC(=O)c1ccc(C)cc1. The highest BCUT2D eigenvalue weighted by atomic mass is 16.5. The van der Waals surface area contributed by atoms with E-state index >= 15 is 0 Å². The van der Waals surface area contributed by atoms with Crippen LogP contribution in [0, 0.1) is 6.92 Å². The summed E-state index contributed by atoms with van der Waals surface area (Å²) < 4.78 is 4.75. The zero-order valence-electron chi connectivity index (χ0n) is 15.1. The normalized spacial score (nSPS) is 10.9. The standard InChI is InChI=1S/C19H26N2O4/c1-14-6-8-17(9-7-14)19(24)21-12-5-4-11-20-18(23)15(2)10-13-25-16(3)22/h6-10H,4-5,11-13H2,1-3H3,(H,20,23)(H,21,24)/b15-10+. The topological polar surface area (TPSA) is 84.5 Å². The lowest BCUT2D eigenvalue weighted by Crippen LogP contribution is -2.27. The maximum absolute atomic E-state index is 11.9. The van der Waals surface area contributed by atoms with Crippen LogP contribution in [0.1, 0.15) is 42.6 Å². The van der Waals surface area contributed by atoms with Gasteiger partial charge in [0.2, 0.25) is 5.91 Å². The van der Waals surface area contributed by atoms with Crippen LogP contribution in [0.4, 0.5) is 0 Å². The number of carbonyl (C=O) groups is 3. The van der Waals surface area contributed by atoms with Crippen molar-refractivity contribution in [2.75, 3.05) is 19.7 Å². The van der Waals surface area contributed by atoms with E-state index in [2.05, 4.69) is 10.6 Å². The highest BCUT2D eigenvalue weighted by Crippen LogP contribution is 2.02. The van der Waals surface area contributed by atoms with Gasteiger partial charge in [-0.25, -0.2) is 0 Å². The Hall–Kier alpha value is -2.63. The molecule has 0 aliphatic carbocycles. The second-order valence-electron chi connectivity index (χ2n) is 5.77. The first kappa shape index (κ1) is 20.4. The van der Waals surface area contributed by atoms with Crippen molar-refractivity contribution < 1.29 is 19.1 Å². The Kier molecular flexibility index (Phi) is 9.00. The third kappa shape index (κ3) is 8.69. The molecule has 0 aliphatic rings. The second-order valence-corrected chi connectivity index (χ2v) is 5.77. The first-order valence-corrected chi connectivity index (χ1v) is 8.33. The van der Waals surface area contributed by atoms with Crippen molar-refractivity contribution in [3.05, 3.63) is 47.0 Å². The molecular formula is C19H26N2O4. The van der Waals surface area contributed by atoms with E-state index in [1.165, 1.54) is 6.92 Å². The molecule has 0 saturated carbocycles. The van der Waals surface area contributed by atoms with Crippen LogP contribution in [0.5, 0.6) is 0 Å². The summed E-state index contributed by atoms with van der Waals surface area (Å²) in [4.78, 5) is 34.3. The molecule has 0 radical (unpaired) electrons. The Labute approximate surface area is 148 Å². The lowest BCUT2D eigenvalue weighted by molar-refractivity contribution is -0.139. The van der Waals surface area contributed by atoms with Crippen LogP contribution >= 0.6 is 0 Å². The minimum Gasteiger partial charge on any atom is -0.462 e. The molecule has 0 aromatic heterocycles. The highest BCUT2D eigenvalue weighted by molar-refractivity contribution is 5.94. The van der Waals surface area contributed by atoms with Crippen LogP contribution in [-0.2, 0) is 14.3 Å². The van der Waals surface area contributed by atoms with Gasteiger partial charge in [-0.1, -0.05) is 17.7 Å². The first-order chi connectivity index (χ1) is 11.9. The van der Waals surface area contributed by atoms with Crippen LogP contribution in [-0.4, -0.2) is 37.5 Å². The molecule has 1 rings (SSSR count). The van der Waals surface area contributed by atoms with Gasteiger partial charge in [0, 0.05) is 31.1 Å². The summed E-state index contributed by atoms with van der Waals surface area (Å²) in [6.07, 6.45) is 3.10. The van der Waals surface area contributed by atoms with E-state index in [9.17, 15) is 14.4 Å². The van der Waals surface area contributed by atoms with E-state index in [0.717, 1.165) is 18.4 Å². The fraction of sp³-hybridized carbons (Fsp3) is 0.421. The van der Waals surface area contributed by atoms with E-state index in [1.54, 1.807) is 25.1 Å². The number of rotatable bonds is 9. The Morgan fingerprint density at radius 3 is 2.20 bits per heavy atom. The average Bonchev–Trinajstić information content (AvgIpc) is 2.57. The molecule has 2 amide bonds. The summed E-state index contributed by atoms with van der Waals surface area (Å²) in [5.41, 5.74) is 2.27. The number of ether oxygens (including phenoxy) is 1. The van der Waals surface area contributed by atoms with Crippen LogP contribution in [0.3, 0.4) is 0 Å². The molecule has 0 unspecified atom stereocenters. The maximum Gasteiger partial charge on any atom is 0.302 e. The number of unbranched alkanes of at least 4 members (excludes halogenated alkanes) is 1. The van der Waals surface area contributed by atoms with Crippen molar-refractivity contribution >= 4 is 17.8 Å². The Bertz CT molecular complexity index is 621. The molecule has 0 saturated heterocycles. The fourth-order valence-corrected chi connectivity index (χ4v) is 1.98. The van der Waals surface area contributed by atoms with Gasteiger partial charge >= 0.3 is 5.97 Å². The smallest absolute Gasteiger partial charge is 0.302 e. The zero-order valence-corrected chi connectivity index (χ0v) is 15.1. The molecule has 6 heteroatoms. The van der Waals surface area contributed by atoms with E-state index in [0.29, 0.717) is 24.2 Å². The summed E-state index contributed by atoms with van der Waals surface area (Å²) in [7, 11) is 0. The molecule has 0 atom stereocenters. The van der Waals surface area contributed by atoms with Crippen LogP contribution in [0.15, 0.2) is 35.9 Å². The van der Waals surface area contributed by atoms with Gasteiger partial charge in [-0.2, -0.15) is 0 Å². The first-order valence-electron chi connectivity index (χ1n) is 8.33. The quantitative estimate of drug-likeness (QED) is 0.407. The van der Waals surface area contributed by atoms with E-state index in [1.807, 2.05) is 19.1 Å². The fourth-order valence-electron chi connectivity index (χ4n) is 1.98. The van der Waals surface area contributed by atoms with Gasteiger partial charge in [0.25, 0.3) is 5.91 Å². The lowest BCUT2D eigenvalue weighted by atomic mass is 10.1. The number of hydrogen-bond acceptors (Lipinski definition) is 4. The van der Waals surface area contributed by atoms with Crippen LogP contribution in [0.25, 0.3) is 0 Å². The van der Waals surface area contributed by atoms with Crippen molar-refractivity contribution in [3.8, 4) is 0 Å². The predicted molar refractivity (Wildman–Crippen MR) is 96.1 cm³/mol. The molecule has 0 bridgehead atoms. The summed E-state index contributed by atoms with van der Waals surface area (Å²) in [6, 6.07) is 7.41. The number of hydrogen-bond donors (Lipinski definition) is 2. The van der Waals surface area contributed by atoms with Gasteiger partial charge in [-0.3, -0.25) is 14.4 Å². The summed E-state index contributed by atoms with van der Waals surface area (Å²) in [6.45, 7) is 6.15. The molecule has 0 heterocycles. The maximum atomic E-state index is 11.9. The number of aryl methyl sites for hydroxylation is 1. The average molecular weight is 346 g/mol. The van der Waals surface area contributed by atoms with Gasteiger partial charge in [0.05, 0.1) is 0 Å². The number of benzene rings is 1. The highest BCUT2D eigenvalue weighted by Gasteiger charge is 2.05. The van der Waals surface area contributed by atoms with Crippen molar-refractivity contribution in [2.24, 2.45) is 0 Å². The Morgan fingerprint density at radius 1 is 1.00 bits per heavy atom. The number of esters is 1. The largest absolute Gasteiger partial charge is 0.462 e. The van der Waals surface area contributed by atoms with Crippen LogP contribution in [0.2, 0.25) is 0 Å². The molecule has 0 spiro atoms. The zero-order chi connectivity index (χ0) is 18.7. The minimum atomic E-state index is -0.378. The van der Waals surface area contributed by atoms with Crippen molar-refractivity contribution in [1.82, 2.24) is 10.6 Å². The number of amides is 2. The summed E-state index contributed by atoms with van der Waals surface area (Å²) >= 11 is 0. The lowest BCUT2D eigenvalue weighted by Gasteiger charge is -2.07. The Balaban J connectivity index is 2.15. The Morgan fingerprint density at radius 2 is 1.60 bits per heavy atom. The molecule has 1 aromatic carbocycles. The second kappa shape index (κ2) is 11.0. The van der Waals surface area contributed by atoms with Crippen molar-refractivity contribution in [2.45, 2.75) is 33.6 Å². The molecule has 1 aromatic rings. The van der Waals surface area contributed by atoms with Gasteiger partial charge in [-0.15, -0.1) is 0 Å². The molecule has 2 N–H and O–H groups in total. The molecule has 6 nitrogen and oxygen atoms in total. The van der Waals surface area contributed by atoms with Gasteiger partial charge in [0.15, 0.2) is 0 Å². The predicted octanol–water partition coefficient (Wildman–Crippen LogP) is 2.13. The molecular weight excluding hydrogens is 320 g/mol. The third-order valence-corrected chi connectivity index (χ3v) is 3.52. The number of carbonyl (C=O) groups excluding carboxylic acids is 3. The van der Waals surface area contributed by atoms with E-state index in [-0.39, 0.29) is 24.4 Å². The van der Waals surface area contributed by atoms with Gasteiger partial charge in [-0.05, 0) is 44.9 Å². The monoisotopic (exact) mass is 346 g/mol. The van der Waals surface area contributed by atoms with Crippen molar-refractivity contribution in [3.63, 3.8) is 0 Å². The molecule has 136 valence electrons. The summed E-state index contributed by atoms with van der Waals surface area (Å²) in [5.74, 6) is -0.652. The van der Waals surface area contributed by atoms with Crippen LogP contribution < -0.4 is 10.6 Å². The molecule has 0 aliphatic heterocycles. The van der Waals surface area contributed by atoms with E-state index in [4.69, 9.17) is 4.74 Å². The van der Waals surface area contributed by atoms with E-state index < -0.39 is 0 Å². The number of nitrogens with one attached hydrogen (secondary N) is 2. The molecule has 25 heavy (non-hydrogen) atoms. The van der Waals surface area contributed by atoms with Crippen molar-refractivity contribution in [1.29, 1.82) is 0 Å². The third-order valence-electron chi connectivity index (χ3n) is 3.52.